The molecule has 2 aromatic rings. The molecule has 2 rings (SSSR count). The minimum atomic E-state index is -0.270. The Balaban J connectivity index is 0.000000659. The molecule has 0 aliphatic carbocycles. The third-order valence-electron chi connectivity index (χ3n) is 2.17. The van der Waals surface area contributed by atoms with E-state index in [-0.39, 0.29) is 11.6 Å². The summed E-state index contributed by atoms with van der Waals surface area (Å²) in [5.41, 5.74) is 1.66. The van der Waals surface area contributed by atoms with E-state index in [2.05, 4.69) is 4.98 Å². The summed E-state index contributed by atoms with van der Waals surface area (Å²) < 4.78 is 12.8. The van der Waals surface area contributed by atoms with Gasteiger partial charge in [0.05, 0.1) is 0 Å². The van der Waals surface area contributed by atoms with E-state index in [4.69, 9.17) is 0 Å². The van der Waals surface area contributed by atoms with E-state index in [1.807, 2.05) is 27.7 Å². The highest BCUT2D eigenvalue weighted by molar-refractivity contribution is 5.88. The molecule has 0 fully saturated rings. The summed E-state index contributed by atoms with van der Waals surface area (Å²) in [6, 6.07) is 4.53. The van der Waals surface area contributed by atoms with Crippen molar-refractivity contribution in [1.29, 1.82) is 0 Å². The average Bonchev–Trinajstić information content (AvgIpc) is 2.76. The molecule has 0 aliphatic heterocycles. The van der Waals surface area contributed by atoms with Gasteiger partial charge in [0.2, 0.25) is 0 Å². The van der Waals surface area contributed by atoms with Crippen LogP contribution in [0.1, 0.15) is 40.2 Å². The van der Waals surface area contributed by atoms with Crippen LogP contribution in [0.2, 0.25) is 0 Å². The van der Waals surface area contributed by atoms with Gasteiger partial charge in [-0.1, -0.05) is 27.7 Å². The van der Waals surface area contributed by atoms with Gasteiger partial charge in [-0.3, -0.25) is 4.79 Å². The van der Waals surface area contributed by atoms with Crippen LogP contribution >= 0.6 is 0 Å². The highest BCUT2D eigenvalue weighted by Gasteiger charge is 2.05. The number of ketones is 1. The molecule has 3 heteroatoms. The van der Waals surface area contributed by atoms with Gasteiger partial charge in [0.1, 0.15) is 11.6 Å². The molecular formula is C15H22FNO. The predicted molar refractivity (Wildman–Crippen MR) is 75.3 cm³/mol. The van der Waals surface area contributed by atoms with E-state index in [0.29, 0.717) is 6.42 Å². The summed E-state index contributed by atoms with van der Waals surface area (Å²) in [5.74, 6) is -0.163. The Morgan fingerprint density at radius 2 is 1.83 bits per heavy atom. The van der Waals surface area contributed by atoms with Gasteiger partial charge in [0, 0.05) is 23.5 Å². The number of benzene rings is 1. The summed E-state index contributed by atoms with van der Waals surface area (Å²) in [4.78, 5) is 13.9. The van der Waals surface area contributed by atoms with Crippen molar-refractivity contribution in [3.05, 3.63) is 35.8 Å². The van der Waals surface area contributed by atoms with Crippen molar-refractivity contribution in [3.8, 4) is 0 Å². The zero-order valence-corrected chi connectivity index (χ0v) is 11.8. The van der Waals surface area contributed by atoms with Gasteiger partial charge < -0.3 is 4.98 Å². The molecule has 0 bridgehead atoms. The smallest absolute Gasteiger partial charge is 0.134 e. The van der Waals surface area contributed by atoms with Gasteiger partial charge in [-0.2, -0.15) is 0 Å². The van der Waals surface area contributed by atoms with Crippen LogP contribution in [0.15, 0.2) is 24.4 Å². The van der Waals surface area contributed by atoms with Gasteiger partial charge in [0.25, 0.3) is 0 Å². The van der Waals surface area contributed by atoms with Crippen LogP contribution < -0.4 is 0 Å². The van der Waals surface area contributed by atoms with Gasteiger partial charge in [0.15, 0.2) is 0 Å². The number of halogens is 1. The molecule has 1 aromatic carbocycles. The molecule has 0 atom stereocenters. The van der Waals surface area contributed by atoms with Gasteiger partial charge in [-0.25, -0.2) is 4.39 Å². The first-order valence-electron chi connectivity index (χ1n) is 6.42. The van der Waals surface area contributed by atoms with Crippen molar-refractivity contribution in [3.63, 3.8) is 0 Å². The minimum absolute atomic E-state index is 0.107. The Labute approximate surface area is 108 Å². The first kappa shape index (κ1) is 16.4. The van der Waals surface area contributed by atoms with Crippen molar-refractivity contribution in [1.82, 2.24) is 4.98 Å². The Bertz CT molecular complexity index is 488. The summed E-state index contributed by atoms with van der Waals surface area (Å²) in [6.07, 6.45) is 2.15. The molecule has 2 nitrogen and oxygen atoms in total. The van der Waals surface area contributed by atoms with Crippen molar-refractivity contribution in [2.24, 2.45) is 0 Å². The number of rotatable bonds is 2. The van der Waals surface area contributed by atoms with Crippen LogP contribution in [0.25, 0.3) is 10.9 Å². The van der Waals surface area contributed by atoms with Crippen LogP contribution in [0, 0.1) is 5.82 Å². The van der Waals surface area contributed by atoms with E-state index in [1.165, 1.54) is 12.1 Å². The molecule has 0 saturated carbocycles. The number of aromatic nitrogens is 1. The lowest BCUT2D eigenvalue weighted by Crippen LogP contribution is -1.94. The van der Waals surface area contributed by atoms with Crippen molar-refractivity contribution >= 4 is 16.7 Å². The molecule has 1 aromatic heterocycles. The number of fused-ring (bicyclic) bond motifs is 1. The van der Waals surface area contributed by atoms with Gasteiger partial charge >= 0.3 is 0 Å². The van der Waals surface area contributed by atoms with Gasteiger partial charge in [-0.15, -0.1) is 0 Å². The number of carbonyl (C=O) groups is 1. The highest BCUT2D eigenvalue weighted by atomic mass is 19.1. The highest BCUT2D eigenvalue weighted by Crippen LogP contribution is 2.19. The summed E-state index contributed by atoms with van der Waals surface area (Å²) >= 11 is 0. The number of hydrogen-bond donors (Lipinski definition) is 1. The minimum Gasteiger partial charge on any atom is -0.361 e. The van der Waals surface area contributed by atoms with Crippen LogP contribution in [0.4, 0.5) is 4.39 Å². The predicted octanol–water partition coefficient (Wildman–Crippen LogP) is 4.49. The standard InChI is InChI=1S/C11H10FNO.2C2H6/c1-7(14)4-8-6-13-11-5-9(12)2-3-10(8)11;2*1-2/h2-3,5-6,13H,4H2,1H3;2*1-2H3. The Morgan fingerprint density at radius 3 is 2.39 bits per heavy atom. The normalized spacial score (nSPS) is 9.00. The molecule has 100 valence electrons. The van der Waals surface area contributed by atoms with Crippen LogP contribution in [0.3, 0.4) is 0 Å². The maximum atomic E-state index is 12.8. The maximum absolute atomic E-state index is 12.8. The second-order valence-electron chi connectivity index (χ2n) is 3.38. The monoisotopic (exact) mass is 251 g/mol. The third kappa shape index (κ3) is 4.32. The molecule has 0 amide bonds. The SMILES string of the molecule is CC.CC.CC(=O)Cc1c[nH]c2cc(F)ccc12. The zero-order chi connectivity index (χ0) is 14.1. The first-order valence-corrected chi connectivity index (χ1v) is 6.42. The summed E-state index contributed by atoms with van der Waals surface area (Å²) in [7, 11) is 0. The van der Waals surface area contributed by atoms with E-state index < -0.39 is 0 Å². The summed E-state index contributed by atoms with van der Waals surface area (Å²) in [6.45, 7) is 9.54. The van der Waals surface area contributed by atoms with E-state index in [1.54, 1.807) is 19.2 Å². The van der Waals surface area contributed by atoms with E-state index >= 15 is 0 Å². The Hall–Kier alpha value is -1.64. The Morgan fingerprint density at radius 1 is 1.22 bits per heavy atom. The molecule has 0 unspecified atom stereocenters. The molecule has 1 N–H and O–H groups in total. The van der Waals surface area contributed by atoms with Crippen molar-refractivity contribution in [2.45, 2.75) is 41.0 Å². The molecular weight excluding hydrogens is 229 g/mol. The fraction of sp³-hybridized carbons (Fsp3) is 0.400. The van der Waals surface area contributed by atoms with E-state index in [0.717, 1.165) is 16.5 Å². The van der Waals surface area contributed by atoms with E-state index in [9.17, 15) is 9.18 Å². The van der Waals surface area contributed by atoms with Crippen LogP contribution in [0.5, 0.6) is 0 Å². The maximum Gasteiger partial charge on any atom is 0.134 e. The molecule has 18 heavy (non-hydrogen) atoms. The molecule has 0 aliphatic rings. The number of Topliss-reactive ketones (excluding diaryl/α,β-unsaturated/α-hetero) is 1. The largest absolute Gasteiger partial charge is 0.361 e. The molecule has 0 radical (unpaired) electrons. The first-order chi connectivity index (χ1) is 8.66. The quantitative estimate of drug-likeness (QED) is 0.838. The Kier molecular flexibility index (Phi) is 7.68. The lowest BCUT2D eigenvalue weighted by molar-refractivity contribution is -0.116. The topological polar surface area (TPSA) is 32.9 Å². The van der Waals surface area contributed by atoms with Crippen molar-refractivity contribution in [2.75, 3.05) is 0 Å². The number of nitrogens with one attached hydrogen (secondary N) is 1. The number of aromatic amines is 1. The van der Waals surface area contributed by atoms with Gasteiger partial charge in [-0.05, 0) is 30.7 Å². The third-order valence-corrected chi connectivity index (χ3v) is 2.17. The molecule has 0 saturated heterocycles. The second-order valence-corrected chi connectivity index (χ2v) is 3.38. The number of carbonyl (C=O) groups excluding carboxylic acids is 1. The average molecular weight is 251 g/mol. The fourth-order valence-corrected chi connectivity index (χ4v) is 1.57. The zero-order valence-electron chi connectivity index (χ0n) is 11.8. The van der Waals surface area contributed by atoms with Crippen LogP contribution in [-0.2, 0) is 11.2 Å². The van der Waals surface area contributed by atoms with Crippen LogP contribution in [-0.4, -0.2) is 10.8 Å². The van der Waals surface area contributed by atoms with Crippen molar-refractivity contribution < 1.29 is 9.18 Å². The lowest BCUT2D eigenvalue weighted by atomic mass is 10.1. The number of H-pyrrole nitrogens is 1. The fourth-order valence-electron chi connectivity index (χ4n) is 1.57. The molecule has 1 heterocycles. The lowest BCUT2D eigenvalue weighted by Gasteiger charge is -1.94. The molecule has 0 spiro atoms. The second kappa shape index (κ2) is 8.45. The summed E-state index contributed by atoms with van der Waals surface area (Å²) in [5, 5.41) is 0.918. The number of hydrogen-bond acceptors (Lipinski definition) is 1.